The minimum atomic E-state index is -0.430. The fourth-order valence-corrected chi connectivity index (χ4v) is 3.87. The average molecular weight is 457 g/mol. The van der Waals surface area contributed by atoms with Gasteiger partial charge in [0.25, 0.3) is 5.91 Å². The molecule has 0 spiro atoms. The van der Waals surface area contributed by atoms with E-state index < -0.39 is 11.8 Å². The van der Waals surface area contributed by atoms with Crippen molar-refractivity contribution in [2.75, 3.05) is 17.6 Å². The van der Waals surface area contributed by atoms with Crippen LogP contribution in [-0.2, 0) is 4.79 Å². The fraction of sp³-hybridized carbons (Fsp3) is 0.0417. The van der Waals surface area contributed by atoms with Crippen LogP contribution in [0.5, 0.6) is 0 Å². The van der Waals surface area contributed by atoms with Crippen LogP contribution >= 0.6 is 11.3 Å². The van der Waals surface area contributed by atoms with E-state index >= 15 is 0 Å². The van der Waals surface area contributed by atoms with E-state index in [-0.39, 0.29) is 6.54 Å². The third-order valence-corrected chi connectivity index (χ3v) is 5.59. The van der Waals surface area contributed by atoms with E-state index in [9.17, 15) is 9.59 Å². The highest BCUT2D eigenvalue weighted by Crippen LogP contribution is 2.28. The zero-order valence-electron chi connectivity index (χ0n) is 17.4. The van der Waals surface area contributed by atoms with Gasteiger partial charge in [0.1, 0.15) is 0 Å². The van der Waals surface area contributed by atoms with Gasteiger partial charge in [-0.1, -0.05) is 18.2 Å². The monoisotopic (exact) mass is 456 g/mol. The number of hydrogen-bond donors (Lipinski definition) is 4. The Morgan fingerprint density at radius 3 is 2.61 bits per heavy atom. The molecule has 2 amide bonds. The van der Waals surface area contributed by atoms with Crippen LogP contribution < -0.4 is 16.4 Å². The molecule has 0 unspecified atom stereocenters. The molecule has 8 nitrogen and oxygen atoms in total. The molecule has 9 heteroatoms. The molecule has 0 radical (unpaired) electrons. The van der Waals surface area contributed by atoms with E-state index in [4.69, 9.17) is 11.1 Å². The van der Waals surface area contributed by atoms with Gasteiger partial charge in [0, 0.05) is 46.4 Å². The molecule has 0 aliphatic rings. The van der Waals surface area contributed by atoms with Gasteiger partial charge in [0.05, 0.1) is 12.2 Å². The van der Waals surface area contributed by atoms with Crippen molar-refractivity contribution in [2.24, 2.45) is 0 Å². The number of nitrogens with one attached hydrogen (secondary N) is 3. The first-order valence-electron chi connectivity index (χ1n) is 9.98. The van der Waals surface area contributed by atoms with Gasteiger partial charge in [0.15, 0.2) is 5.13 Å². The molecule has 0 fully saturated rings. The number of nitrogen functional groups attached to an aromatic ring is 1. The second-order valence-electron chi connectivity index (χ2n) is 7.07. The van der Waals surface area contributed by atoms with Crippen LogP contribution in [0.15, 0.2) is 72.4 Å². The van der Waals surface area contributed by atoms with E-state index in [1.807, 2.05) is 41.8 Å². The Kier molecular flexibility index (Phi) is 6.51. The topological polar surface area (TPSA) is 134 Å². The Morgan fingerprint density at radius 1 is 1.03 bits per heavy atom. The van der Waals surface area contributed by atoms with Gasteiger partial charge in [-0.3, -0.25) is 14.6 Å². The molecule has 0 bridgehead atoms. The molecule has 0 saturated carbocycles. The predicted octanol–water partition coefficient (Wildman–Crippen LogP) is 3.82. The van der Waals surface area contributed by atoms with Crippen LogP contribution in [0.2, 0.25) is 0 Å². The summed E-state index contributed by atoms with van der Waals surface area (Å²) in [5.74, 6) is -0.821. The van der Waals surface area contributed by atoms with Gasteiger partial charge in [-0.25, -0.2) is 4.98 Å². The van der Waals surface area contributed by atoms with Crippen LogP contribution in [-0.4, -0.2) is 34.5 Å². The van der Waals surface area contributed by atoms with Crippen LogP contribution in [0, 0.1) is 5.41 Å². The van der Waals surface area contributed by atoms with Crippen molar-refractivity contribution < 1.29 is 9.59 Å². The molecule has 2 aromatic heterocycles. The molecular formula is C24H20N6O2S. The number of nitrogens with zero attached hydrogens (tertiary/aromatic N) is 2. The second-order valence-corrected chi connectivity index (χ2v) is 7.93. The lowest BCUT2D eigenvalue weighted by molar-refractivity contribution is -0.115. The first kappa shape index (κ1) is 21.8. The number of carbonyl (C=O) groups is 2. The highest BCUT2D eigenvalue weighted by Gasteiger charge is 2.12. The molecule has 0 saturated heterocycles. The number of rotatable bonds is 7. The Morgan fingerprint density at radius 2 is 1.82 bits per heavy atom. The maximum atomic E-state index is 12.3. The molecule has 2 heterocycles. The van der Waals surface area contributed by atoms with Gasteiger partial charge < -0.3 is 21.8 Å². The highest BCUT2D eigenvalue weighted by atomic mass is 32.1. The number of carbonyl (C=O) groups excluding carboxylic acids is 2. The third-order valence-electron chi connectivity index (χ3n) is 4.84. The number of benzene rings is 2. The van der Waals surface area contributed by atoms with Gasteiger partial charge in [-0.05, 0) is 47.5 Å². The summed E-state index contributed by atoms with van der Waals surface area (Å²) in [6, 6.07) is 16.4. The molecule has 0 aliphatic carbocycles. The number of hydrogen-bond acceptors (Lipinski definition) is 7. The summed E-state index contributed by atoms with van der Waals surface area (Å²) in [4.78, 5) is 33.1. The predicted molar refractivity (Wildman–Crippen MR) is 130 cm³/mol. The molecule has 4 aromatic rings. The highest BCUT2D eigenvalue weighted by molar-refractivity contribution is 7.14. The zero-order valence-corrected chi connectivity index (χ0v) is 18.2. The van der Waals surface area contributed by atoms with Gasteiger partial charge in [-0.2, -0.15) is 0 Å². The molecule has 33 heavy (non-hydrogen) atoms. The van der Waals surface area contributed by atoms with Crippen molar-refractivity contribution in [3.05, 3.63) is 83.5 Å². The summed E-state index contributed by atoms with van der Waals surface area (Å²) in [7, 11) is 0. The smallest absolute Gasteiger partial charge is 0.251 e. The van der Waals surface area contributed by atoms with Crippen molar-refractivity contribution in [1.82, 2.24) is 15.3 Å². The van der Waals surface area contributed by atoms with Crippen molar-refractivity contribution in [3.8, 4) is 22.4 Å². The first-order chi connectivity index (χ1) is 16.0. The summed E-state index contributed by atoms with van der Waals surface area (Å²) in [6.45, 7) is -0.213. The quantitative estimate of drug-likeness (QED) is 0.248. The van der Waals surface area contributed by atoms with E-state index in [1.54, 1.807) is 24.5 Å². The van der Waals surface area contributed by atoms with Crippen LogP contribution in [0.4, 0.5) is 10.8 Å². The number of amides is 2. The summed E-state index contributed by atoms with van der Waals surface area (Å²) in [6.07, 6.45) is 4.57. The Labute approximate surface area is 194 Å². The number of nitrogens with two attached hydrogens (primary N) is 1. The van der Waals surface area contributed by atoms with Crippen molar-refractivity contribution in [1.29, 1.82) is 5.41 Å². The normalized spacial score (nSPS) is 10.4. The second kappa shape index (κ2) is 9.84. The molecule has 5 N–H and O–H groups in total. The lowest BCUT2D eigenvalue weighted by Gasteiger charge is -2.07. The van der Waals surface area contributed by atoms with Crippen molar-refractivity contribution >= 4 is 40.2 Å². The van der Waals surface area contributed by atoms with E-state index in [1.165, 1.54) is 17.4 Å². The summed E-state index contributed by atoms with van der Waals surface area (Å²) in [5, 5.41) is 14.9. The average Bonchev–Trinajstić information content (AvgIpc) is 3.32. The molecule has 164 valence electrons. The Hall–Kier alpha value is -4.37. The lowest BCUT2D eigenvalue weighted by atomic mass is 10.0. The van der Waals surface area contributed by atoms with E-state index in [0.717, 1.165) is 28.6 Å². The van der Waals surface area contributed by atoms with Crippen LogP contribution in [0.1, 0.15) is 15.9 Å². The molecule has 2 aromatic carbocycles. The summed E-state index contributed by atoms with van der Waals surface area (Å²) in [5.41, 5.74) is 10.7. The van der Waals surface area contributed by atoms with Crippen molar-refractivity contribution in [2.45, 2.75) is 0 Å². The Bertz CT molecular complexity index is 1320. The van der Waals surface area contributed by atoms with Gasteiger partial charge in [-0.15, -0.1) is 11.3 Å². The number of anilines is 2. The Balaban J connectivity index is 1.37. The van der Waals surface area contributed by atoms with E-state index in [2.05, 4.69) is 20.6 Å². The standard InChI is InChI=1S/C24H20N6O2S/c25-12-19-11-18(4-5-20(19)26)23(32)28-13-22(31)30-24-29-21(14-33-24)17-3-1-2-16(10-17)15-6-8-27-9-7-15/h1-12,14,25H,13,26H2,(H,28,32)(H,29,30,31). The third kappa shape index (κ3) is 5.28. The lowest BCUT2D eigenvalue weighted by Crippen LogP contribution is -2.32. The van der Waals surface area contributed by atoms with Gasteiger partial charge >= 0.3 is 0 Å². The van der Waals surface area contributed by atoms with Crippen LogP contribution in [0.3, 0.4) is 0 Å². The van der Waals surface area contributed by atoms with Crippen molar-refractivity contribution in [3.63, 3.8) is 0 Å². The number of pyridine rings is 1. The molecule has 0 atom stereocenters. The zero-order chi connectivity index (χ0) is 23.2. The molecule has 4 rings (SSSR count). The number of aromatic nitrogens is 2. The maximum absolute atomic E-state index is 12.3. The minimum Gasteiger partial charge on any atom is -0.398 e. The molecule has 0 aliphatic heterocycles. The maximum Gasteiger partial charge on any atom is 0.251 e. The fourth-order valence-electron chi connectivity index (χ4n) is 3.13. The van der Waals surface area contributed by atoms with Crippen LogP contribution in [0.25, 0.3) is 22.4 Å². The summed E-state index contributed by atoms with van der Waals surface area (Å²) < 4.78 is 0. The largest absolute Gasteiger partial charge is 0.398 e. The summed E-state index contributed by atoms with van der Waals surface area (Å²) >= 11 is 1.31. The van der Waals surface area contributed by atoms with Gasteiger partial charge in [0.2, 0.25) is 5.91 Å². The number of thiazole rings is 1. The molecular weight excluding hydrogens is 436 g/mol. The minimum absolute atomic E-state index is 0.213. The van der Waals surface area contributed by atoms with E-state index in [0.29, 0.717) is 21.9 Å². The SMILES string of the molecule is N=Cc1cc(C(=O)NCC(=O)Nc2nc(-c3cccc(-c4ccncc4)c3)cs2)ccc1N. The first-order valence-corrected chi connectivity index (χ1v) is 10.9.